The van der Waals surface area contributed by atoms with E-state index in [0.717, 1.165) is 44.6 Å². The Kier molecular flexibility index (Phi) is 5.85. The molecule has 1 amide bonds. The standard InChI is InChI=1S/C23H25ClN6O2/c24-20-10-19(4-1-14(20)11-25)32-18-5-2-15(3-6-18)27-23(31)21-7-8-22(29-28-21)30-16-9-17(30)13-26-12-16/h1,4,7-8,10,15-18,26H,2-3,5-6,9,12-13H2,(H,27,31). The smallest absolute Gasteiger partial charge is 0.272 e. The first kappa shape index (κ1) is 21.0. The van der Waals surface area contributed by atoms with Gasteiger partial charge in [-0.3, -0.25) is 4.79 Å². The number of aromatic nitrogens is 2. The Labute approximate surface area is 191 Å². The lowest BCUT2D eigenvalue weighted by Gasteiger charge is -2.53. The van der Waals surface area contributed by atoms with E-state index in [-0.39, 0.29) is 18.1 Å². The Hall–Kier alpha value is -2.89. The molecule has 1 aliphatic carbocycles. The number of nitriles is 1. The highest BCUT2D eigenvalue weighted by Gasteiger charge is 2.42. The van der Waals surface area contributed by atoms with Gasteiger partial charge in [-0.2, -0.15) is 5.26 Å². The third-order valence-electron chi connectivity index (χ3n) is 6.61. The molecule has 2 aliphatic heterocycles. The van der Waals surface area contributed by atoms with Crippen LogP contribution in [-0.2, 0) is 0 Å². The summed E-state index contributed by atoms with van der Waals surface area (Å²) in [5.74, 6) is 1.33. The van der Waals surface area contributed by atoms with Crippen molar-refractivity contribution in [2.75, 3.05) is 18.0 Å². The zero-order valence-corrected chi connectivity index (χ0v) is 18.4. The van der Waals surface area contributed by atoms with Crippen molar-refractivity contribution in [1.29, 1.82) is 5.26 Å². The molecule has 2 bridgehead atoms. The Bertz CT molecular complexity index is 1020. The van der Waals surface area contributed by atoms with Crippen molar-refractivity contribution in [2.24, 2.45) is 0 Å². The predicted molar refractivity (Wildman–Crippen MR) is 120 cm³/mol. The summed E-state index contributed by atoms with van der Waals surface area (Å²) in [5, 5.41) is 24.4. The molecule has 0 radical (unpaired) electrons. The number of amides is 1. The van der Waals surface area contributed by atoms with Crippen LogP contribution in [0.4, 0.5) is 5.82 Å². The van der Waals surface area contributed by atoms with E-state index >= 15 is 0 Å². The molecular weight excluding hydrogens is 428 g/mol. The number of rotatable bonds is 5. The number of anilines is 1. The van der Waals surface area contributed by atoms with Gasteiger partial charge in [0, 0.05) is 37.3 Å². The van der Waals surface area contributed by atoms with Crippen LogP contribution in [0.3, 0.4) is 0 Å². The molecule has 9 heteroatoms. The fraction of sp³-hybridized carbons (Fsp3) is 0.478. The third kappa shape index (κ3) is 4.23. The van der Waals surface area contributed by atoms with Gasteiger partial charge in [-0.05, 0) is 56.4 Å². The van der Waals surface area contributed by atoms with E-state index in [9.17, 15) is 4.79 Å². The summed E-state index contributed by atoms with van der Waals surface area (Å²) in [6.45, 7) is 1.95. The molecule has 5 rings (SSSR count). The minimum atomic E-state index is -0.183. The zero-order chi connectivity index (χ0) is 22.1. The summed E-state index contributed by atoms with van der Waals surface area (Å²) in [5.41, 5.74) is 0.787. The average molecular weight is 453 g/mol. The third-order valence-corrected chi connectivity index (χ3v) is 6.92. The van der Waals surface area contributed by atoms with Gasteiger partial charge in [0.1, 0.15) is 11.8 Å². The molecule has 2 atom stereocenters. The van der Waals surface area contributed by atoms with E-state index < -0.39 is 0 Å². The van der Waals surface area contributed by atoms with E-state index in [1.807, 2.05) is 12.1 Å². The fourth-order valence-corrected chi connectivity index (χ4v) is 5.09. The van der Waals surface area contributed by atoms with E-state index in [1.165, 1.54) is 6.42 Å². The van der Waals surface area contributed by atoms with Gasteiger partial charge in [0.25, 0.3) is 5.91 Å². The summed E-state index contributed by atoms with van der Waals surface area (Å²) in [6, 6.07) is 11.9. The van der Waals surface area contributed by atoms with Crippen molar-refractivity contribution in [1.82, 2.24) is 20.8 Å². The molecule has 3 heterocycles. The summed E-state index contributed by atoms with van der Waals surface area (Å²) in [4.78, 5) is 14.9. The van der Waals surface area contributed by atoms with Gasteiger partial charge in [0.05, 0.1) is 16.7 Å². The van der Waals surface area contributed by atoms with Crippen LogP contribution in [0.25, 0.3) is 0 Å². The van der Waals surface area contributed by atoms with Crippen LogP contribution in [-0.4, -0.2) is 53.4 Å². The lowest BCUT2D eigenvalue weighted by atomic mass is 9.89. The molecule has 32 heavy (non-hydrogen) atoms. The number of fused-ring (bicyclic) bond motifs is 2. The number of halogens is 1. The normalized spacial score (nSPS) is 26.6. The lowest BCUT2D eigenvalue weighted by Crippen LogP contribution is -2.68. The Morgan fingerprint density at radius 1 is 1.16 bits per heavy atom. The molecule has 1 saturated carbocycles. The Morgan fingerprint density at radius 3 is 2.56 bits per heavy atom. The zero-order valence-electron chi connectivity index (χ0n) is 17.6. The van der Waals surface area contributed by atoms with Crippen LogP contribution >= 0.6 is 11.6 Å². The van der Waals surface area contributed by atoms with Crippen molar-refractivity contribution in [2.45, 2.75) is 56.3 Å². The van der Waals surface area contributed by atoms with E-state index in [2.05, 4.69) is 25.7 Å². The summed E-state index contributed by atoms with van der Waals surface area (Å²) in [7, 11) is 0. The van der Waals surface area contributed by atoms with Gasteiger partial charge < -0.3 is 20.3 Å². The lowest BCUT2D eigenvalue weighted by molar-refractivity contribution is 0.0888. The molecule has 1 aromatic carbocycles. The Morgan fingerprint density at radius 2 is 1.94 bits per heavy atom. The first-order valence-electron chi connectivity index (χ1n) is 11.1. The maximum atomic E-state index is 12.6. The number of piperazine rings is 1. The molecule has 8 nitrogen and oxygen atoms in total. The molecule has 2 aromatic rings. The van der Waals surface area contributed by atoms with Gasteiger partial charge in [0.15, 0.2) is 11.5 Å². The molecule has 166 valence electrons. The van der Waals surface area contributed by atoms with Gasteiger partial charge in [0.2, 0.25) is 0 Å². The molecule has 3 fully saturated rings. The molecule has 2 unspecified atom stereocenters. The van der Waals surface area contributed by atoms with Crippen molar-refractivity contribution < 1.29 is 9.53 Å². The van der Waals surface area contributed by atoms with Crippen LogP contribution in [0.1, 0.15) is 48.2 Å². The van der Waals surface area contributed by atoms with Crippen LogP contribution < -0.4 is 20.3 Å². The van der Waals surface area contributed by atoms with Crippen LogP contribution in [0.15, 0.2) is 30.3 Å². The minimum absolute atomic E-state index is 0.0664. The highest BCUT2D eigenvalue weighted by molar-refractivity contribution is 6.31. The van der Waals surface area contributed by atoms with Crippen molar-refractivity contribution in [3.05, 3.63) is 46.6 Å². The van der Waals surface area contributed by atoms with Crippen LogP contribution in [0.5, 0.6) is 5.75 Å². The van der Waals surface area contributed by atoms with Crippen molar-refractivity contribution in [3.8, 4) is 11.8 Å². The number of hydrogen-bond acceptors (Lipinski definition) is 7. The number of hydrogen-bond donors (Lipinski definition) is 2. The number of nitrogens with one attached hydrogen (secondary N) is 2. The molecule has 3 aliphatic rings. The molecule has 2 N–H and O–H groups in total. The number of piperidine rings is 1. The topological polar surface area (TPSA) is 103 Å². The quantitative estimate of drug-likeness (QED) is 0.718. The summed E-state index contributed by atoms with van der Waals surface area (Å²) >= 11 is 6.08. The second-order valence-electron chi connectivity index (χ2n) is 8.70. The maximum Gasteiger partial charge on any atom is 0.272 e. The van der Waals surface area contributed by atoms with Gasteiger partial charge in [-0.15, -0.1) is 10.2 Å². The SMILES string of the molecule is N#Cc1ccc(OC2CCC(NC(=O)c3ccc(N4C5CNCC4C5)nn3)CC2)cc1Cl. The van der Waals surface area contributed by atoms with Crippen LogP contribution in [0.2, 0.25) is 5.02 Å². The van der Waals surface area contributed by atoms with Crippen molar-refractivity contribution in [3.63, 3.8) is 0 Å². The molecular formula is C23H25ClN6O2. The largest absolute Gasteiger partial charge is 0.490 e. The maximum absolute atomic E-state index is 12.6. The van der Waals surface area contributed by atoms with E-state index in [0.29, 0.717) is 34.1 Å². The highest BCUT2D eigenvalue weighted by Crippen LogP contribution is 2.32. The fourth-order valence-electron chi connectivity index (χ4n) is 4.88. The molecule has 1 aromatic heterocycles. The summed E-state index contributed by atoms with van der Waals surface area (Å²) in [6.07, 6.45) is 4.59. The second-order valence-corrected chi connectivity index (χ2v) is 9.11. The van der Waals surface area contributed by atoms with Crippen LogP contribution in [0, 0.1) is 11.3 Å². The first-order valence-corrected chi connectivity index (χ1v) is 11.5. The summed E-state index contributed by atoms with van der Waals surface area (Å²) < 4.78 is 6.02. The Balaban J connectivity index is 1.11. The number of carbonyl (C=O) groups excluding carboxylic acids is 1. The van der Waals surface area contributed by atoms with Gasteiger partial charge in [-0.1, -0.05) is 11.6 Å². The highest BCUT2D eigenvalue weighted by atomic mass is 35.5. The van der Waals surface area contributed by atoms with E-state index in [4.69, 9.17) is 21.6 Å². The number of ether oxygens (including phenoxy) is 1. The number of carbonyl (C=O) groups is 1. The average Bonchev–Trinajstić information content (AvgIpc) is 2.81. The number of benzene rings is 1. The molecule has 0 spiro atoms. The van der Waals surface area contributed by atoms with Gasteiger partial charge >= 0.3 is 0 Å². The first-order chi connectivity index (χ1) is 15.6. The predicted octanol–water partition coefficient (Wildman–Crippen LogP) is 2.67. The molecule has 2 saturated heterocycles. The van der Waals surface area contributed by atoms with Gasteiger partial charge in [-0.25, -0.2) is 0 Å². The van der Waals surface area contributed by atoms with Crippen molar-refractivity contribution >= 4 is 23.3 Å². The van der Waals surface area contributed by atoms with E-state index in [1.54, 1.807) is 24.3 Å². The minimum Gasteiger partial charge on any atom is -0.490 e. The second kappa shape index (κ2) is 8.93. The monoisotopic (exact) mass is 452 g/mol. The number of nitrogens with zero attached hydrogens (tertiary/aromatic N) is 4.